The monoisotopic (exact) mass is 388 g/mol. The molecule has 2 aromatic carbocycles. The zero-order chi connectivity index (χ0) is 20.4. The van der Waals surface area contributed by atoms with Gasteiger partial charge < -0.3 is 9.64 Å². The van der Waals surface area contributed by atoms with E-state index in [9.17, 15) is 9.59 Å². The van der Waals surface area contributed by atoms with Gasteiger partial charge in [-0.05, 0) is 55.9 Å². The molecule has 2 aliphatic rings. The van der Waals surface area contributed by atoms with E-state index in [2.05, 4.69) is 11.1 Å². The van der Waals surface area contributed by atoms with E-state index in [-0.39, 0.29) is 18.1 Å². The second kappa shape index (κ2) is 8.03. The second-order valence-electron chi connectivity index (χ2n) is 7.27. The lowest BCUT2D eigenvalue weighted by molar-refractivity contribution is -0.137. The molecular weight excluding hydrogens is 364 g/mol. The first-order valence-electron chi connectivity index (χ1n) is 10.1. The number of likely N-dealkylation sites (N-methyl/N-ethyl adjacent to an activating group) is 1. The van der Waals surface area contributed by atoms with Crippen molar-refractivity contribution in [2.24, 2.45) is 4.99 Å². The summed E-state index contributed by atoms with van der Waals surface area (Å²) >= 11 is 0. The summed E-state index contributed by atoms with van der Waals surface area (Å²) in [5.74, 6) is -0.759. The molecule has 1 aliphatic heterocycles. The van der Waals surface area contributed by atoms with Gasteiger partial charge in [0, 0.05) is 18.8 Å². The third kappa shape index (κ3) is 3.48. The third-order valence-corrected chi connectivity index (χ3v) is 5.52. The molecule has 0 spiro atoms. The Morgan fingerprint density at radius 1 is 1.14 bits per heavy atom. The van der Waals surface area contributed by atoms with Crippen LogP contribution in [0.15, 0.2) is 53.0 Å². The van der Waals surface area contributed by atoms with E-state index in [0.29, 0.717) is 5.57 Å². The van der Waals surface area contributed by atoms with Gasteiger partial charge >= 0.3 is 5.97 Å². The lowest BCUT2D eigenvalue weighted by Gasteiger charge is -2.17. The molecule has 0 unspecified atom stereocenters. The minimum atomic E-state index is -0.533. The van der Waals surface area contributed by atoms with Crippen LogP contribution in [0.25, 0.3) is 5.57 Å². The molecule has 0 saturated carbocycles. The predicted octanol–water partition coefficient (Wildman–Crippen LogP) is 4.26. The molecule has 0 aromatic heterocycles. The number of para-hydroxylation sites is 1. The van der Waals surface area contributed by atoms with Crippen LogP contribution in [0.3, 0.4) is 0 Å². The number of fused-ring (bicyclic) bond motifs is 2. The van der Waals surface area contributed by atoms with Gasteiger partial charge in [-0.3, -0.25) is 9.79 Å². The van der Waals surface area contributed by atoms with Crippen LogP contribution in [0, 0.1) is 0 Å². The fourth-order valence-electron chi connectivity index (χ4n) is 4.07. The van der Waals surface area contributed by atoms with Gasteiger partial charge in [-0.1, -0.05) is 30.3 Å². The van der Waals surface area contributed by atoms with Crippen LogP contribution in [0.1, 0.15) is 36.5 Å². The van der Waals surface area contributed by atoms with Gasteiger partial charge in [0.05, 0.1) is 29.1 Å². The fourth-order valence-corrected chi connectivity index (χ4v) is 4.07. The summed E-state index contributed by atoms with van der Waals surface area (Å²) in [5.41, 5.74) is 5.45. The number of aliphatic imine (C=N–C) groups is 1. The zero-order valence-electron chi connectivity index (χ0n) is 16.8. The highest BCUT2D eigenvalue weighted by Gasteiger charge is 2.34. The topological polar surface area (TPSA) is 59.0 Å². The number of anilines is 1. The van der Waals surface area contributed by atoms with Crippen molar-refractivity contribution < 1.29 is 14.3 Å². The van der Waals surface area contributed by atoms with E-state index in [0.717, 1.165) is 36.2 Å². The quantitative estimate of drug-likeness (QED) is 0.447. The first-order chi connectivity index (χ1) is 14.1. The standard InChI is InChI=1S/C24H24N2O3/c1-3-29-24(28)19(22-18-12-6-7-14-21(18)26(2)23(22)27)15-25-20-13-8-10-16-9-4-5-11-17(16)20/h6-8,10,12-15H,3-5,9,11H2,1-2H3/b22-19+,25-15?. The molecule has 0 N–H and O–H groups in total. The van der Waals surface area contributed by atoms with Gasteiger partial charge in [0.25, 0.3) is 5.91 Å². The van der Waals surface area contributed by atoms with Crippen molar-refractivity contribution in [2.75, 3.05) is 18.6 Å². The molecule has 1 amide bonds. The maximum Gasteiger partial charge on any atom is 0.340 e. The van der Waals surface area contributed by atoms with Crippen molar-refractivity contribution in [1.82, 2.24) is 0 Å². The van der Waals surface area contributed by atoms with Crippen LogP contribution in [-0.2, 0) is 27.2 Å². The number of carbonyl (C=O) groups excluding carboxylic acids is 2. The molecule has 0 atom stereocenters. The van der Waals surface area contributed by atoms with Crippen molar-refractivity contribution in [1.29, 1.82) is 0 Å². The number of amides is 1. The van der Waals surface area contributed by atoms with E-state index < -0.39 is 5.97 Å². The molecule has 2 aromatic rings. The molecule has 1 heterocycles. The van der Waals surface area contributed by atoms with E-state index in [1.807, 2.05) is 36.4 Å². The molecule has 0 saturated heterocycles. The maximum atomic E-state index is 13.0. The number of aryl methyl sites for hydroxylation is 1. The first kappa shape index (κ1) is 19.1. The fraction of sp³-hybridized carbons (Fsp3) is 0.292. The Labute approximate surface area is 170 Å². The highest BCUT2D eigenvalue weighted by molar-refractivity contribution is 6.39. The normalized spacial score (nSPS) is 17.3. The Morgan fingerprint density at radius 3 is 2.76 bits per heavy atom. The highest BCUT2D eigenvalue weighted by Crippen LogP contribution is 2.37. The van der Waals surface area contributed by atoms with Crippen LogP contribution in [-0.4, -0.2) is 31.7 Å². The van der Waals surface area contributed by atoms with E-state index >= 15 is 0 Å². The molecule has 0 fully saturated rings. The average Bonchev–Trinajstić information content (AvgIpc) is 3.00. The minimum absolute atomic E-state index is 0.196. The molecule has 5 nitrogen and oxygen atoms in total. The number of hydrogen-bond donors (Lipinski definition) is 0. The lowest BCUT2D eigenvalue weighted by atomic mass is 9.90. The van der Waals surface area contributed by atoms with Gasteiger partial charge in [0.15, 0.2) is 0 Å². The number of rotatable bonds is 4. The number of nitrogens with zero attached hydrogens (tertiary/aromatic N) is 2. The van der Waals surface area contributed by atoms with Gasteiger partial charge in [-0.2, -0.15) is 0 Å². The maximum absolute atomic E-state index is 13.0. The molecule has 5 heteroatoms. The smallest absolute Gasteiger partial charge is 0.340 e. The summed E-state index contributed by atoms with van der Waals surface area (Å²) in [7, 11) is 1.71. The van der Waals surface area contributed by atoms with Crippen molar-refractivity contribution in [3.05, 3.63) is 64.7 Å². The van der Waals surface area contributed by atoms with Crippen molar-refractivity contribution >= 4 is 35.0 Å². The summed E-state index contributed by atoms with van der Waals surface area (Å²) in [4.78, 5) is 31.9. The highest BCUT2D eigenvalue weighted by atomic mass is 16.5. The number of benzene rings is 2. The van der Waals surface area contributed by atoms with Gasteiger partial charge in [0.1, 0.15) is 0 Å². The van der Waals surface area contributed by atoms with Gasteiger partial charge in [-0.25, -0.2) is 4.79 Å². The summed E-state index contributed by atoms with van der Waals surface area (Å²) in [5, 5.41) is 0. The minimum Gasteiger partial charge on any atom is -0.462 e. The Kier molecular flexibility index (Phi) is 5.30. The van der Waals surface area contributed by atoms with Crippen LogP contribution in [0.5, 0.6) is 0 Å². The van der Waals surface area contributed by atoms with Crippen LogP contribution >= 0.6 is 0 Å². The largest absolute Gasteiger partial charge is 0.462 e. The third-order valence-electron chi connectivity index (χ3n) is 5.52. The first-order valence-corrected chi connectivity index (χ1v) is 10.1. The zero-order valence-corrected chi connectivity index (χ0v) is 16.8. The Balaban J connectivity index is 1.83. The summed E-state index contributed by atoms with van der Waals surface area (Å²) in [6.07, 6.45) is 5.88. The Morgan fingerprint density at radius 2 is 1.93 bits per heavy atom. The van der Waals surface area contributed by atoms with Crippen LogP contribution in [0.2, 0.25) is 0 Å². The number of carbonyl (C=O) groups is 2. The molecule has 29 heavy (non-hydrogen) atoms. The van der Waals surface area contributed by atoms with E-state index in [1.165, 1.54) is 23.8 Å². The number of ether oxygens (including phenoxy) is 1. The average molecular weight is 388 g/mol. The van der Waals surface area contributed by atoms with E-state index in [4.69, 9.17) is 4.74 Å². The molecular formula is C24H24N2O3. The summed E-state index contributed by atoms with van der Waals surface area (Å²) < 4.78 is 5.26. The van der Waals surface area contributed by atoms with Crippen LogP contribution in [0.4, 0.5) is 11.4 Å². The van der Waals surface area contributed by atoms with Crippen molar-refractivity contribution in [3.8, 4) is 0 Å². The van der Waals surface area contributed by atoms with Gasteiger partial charge in [-0.15, -0.1) is 0 Å². The summed E-state index contributed by atoms with van der Waals surface area (Å²) in [6.45, 7) is 1.98. The Bertz CT molecular complexity index is 1040. The lowest BCUT2D eigenvalue weighted by Crippen LogP contribution is -2.22. The second-order valence-corrected chi connectivity index (χ2v) is 7.27. The molecule has 0 bridgehead atoms. The van der Waals surface area contributed by atoms with Crippen molar-refractivity contribution in [3.63, 3.8) is 0 Å². The molecule has 4 rings (SSSR count). The number of esters is 1. The number of hydrogen-bond acceptors (Lipinski definition) is 4. The molecule has 0 radical (unpaired) electrons. The predicted molar refractivity (Wildman–Crippen MR) is 115 cm³/mol. The summed E-state index contributed by atoms with van der Waals surface area (Å²) in [6, 6.07) is 13.6. The van der Waals surface area contributed by atoms with Gasteiger partial charge in [0.2, 0.25) is 0 Å². The van der Waals surface area contributed by atoms with Crippen molar-refractivity contribution in [2.45, 2.75) is 32.6 Å². The van der Waals surface area contributed by atoms with Crippen LogP contribution < -0.4 is 4.90 Å². The van der Waals surface area contributed by atoms with E-state index in [1.54, 1.807) is 18.9 Å². The molecule has 1 aliphatic carbocycles. The Hall–Kier alpha value is -3.21. The molecule has 148 valence electrons. The SMILES string of the molecule is CCOC(=O)/C(C=Nc1cccc2c1CCCC2)=C1/C(=O)N(C)c2ccccc21.